The molecule has 0 radical (unpaired) electrons. The standard InChI is InChI=1S/C20H24FN7O9P2S2/c21-14-12-6-33-38(30,40)36-11-4-10(34-13-1-2-23-7-24-13)3-9(11)5-32-39(31,41)37-16(14)19(35-12)28-8-25-15-17(28)26-20(22)27-18(15)29/h1-2,7-12,14,16,19H,3-6H2,(H,30,40)(H,31,41)(H3,22,26,27,29)/t9-,10-,11+,12-,14-,16-,19-,38+,39-/m1/s1. The van der Waals surface area contributed by atoms with Crippen LogP contribution in [0.25, 0.3) is 11.2 Å². The number of nitrogens with zero attached hydrogens (tertiary/aromatic N) is 5. The molecule has 41 heavy (non-hydrogen) atoms. The van der Waals surface area contributed by atoms with E-state index in [4.69, 9.17) is 33.3 Å². The normalized spacial score (nSPS) is 38.1. The molecule has 1 aliphatic carbocycles. The molecule has 3 N–H and O–H groups in total. The zero-order chi connectivity index (χ0) is 28.9. The summed E-state index contributed by atoms with van der Waals surface area (Å²) in [6.07, 6.45) is -2.91. The summed E-state index contributed by atoms with van der Waals surface area (Å²) < 4.78 is 77.5. The topological polar surface area (TPSA) is 205 Å². The molecular formula is C20H24FN7O9P2S2. The summed E-state index contributed by atoms with van der Waals surface area (Å²) in [5.74, 6) is -0.395. The number of ether oxygens (including phenoxy) is 2. The van der Waals surface area contributed by atoms with E-state index in [1.807, 2.05) is 0 Å². The third-order valence-corrected chi connectivity index (χ3v) is 10.1. The number of H-pyrrole nitrogens is 1. The largest absolute Gasteiger partial charge is 0.474 e. The van der Waals surface area contributed by atoms with Gasteiger partial charge in [0.05, 0.1) is 25.6 Å². The van der Waals surface area contributed by atoms with Gasteiger partial charge in [-0.2, -0.15) is 4.98 Å². The maximum Gasteiger partial charge on any atom is 0.386 e. The van der Waals surface area contributed by atoms with Crippen LogP contribution in [0.4, 0.5) is 10.3 Å². The Kier molecular flexibility index (Phi) is 7.93. The van der Waals surface area contributed by atoms with Gasteiger partial charge in [-0.25, -0.2) is 28.5 Å². The Morgan fingerprint density at radius 1 is 1.12 bits per heavy atom. The third kappa shape index (κ3) is 6.19. The number of hydrogen-bond donors (Lipinski definition) is 4. The molecule has 0 unspecified atom stereocenters. The Morgan fingerprint density at radius 3 is 2.68 bits per heavy atom. The minimum Gasteiger partial charge on any atom is -0.474 e. The second-order valence-electron chi connectivity index (χ2n) is 9.55. The van der Waals surface area contributed by atoms with Gasteiger partial charge in [0.15, 0.2) is 23.6 Å². The van der Waals surface area contributed by atoms with Crippen molar-refractivity contribution >= 4 is 55.2 Å². The molecule has 2 bridgehead atoms. The van der Waals surface area contributed by atoms with Crippen LogP contribution in [-0.4, -0.2) is 73.3 Å². The van der Waals surface area contributed by atoms with Crippen molar-refractivity contribution < 1.29 is 41.1 Å². The third-order valence-electron chi connectivity index (χ3n) is 6.80. The second kappa shape index (κ2) is 11.2. The monoisotopic (exact) mass is 651 g/mol. The first kappa shape index (κ1) is 29.0. The number of thiol groups is 2. The van der Waals surface area contributed by atoms with Crippen LogP contribution >= 0.6 is 38.1 Å². The van der Waals surface area contributed by atoms with Crippen molar-refractivity contribution in [1.29, 1.82) is 0 Å². The Morgan fingerprint density at radius 2 is 1.90 bits per heavy atom. The number of imidazole rings is 1. The first-order chi connectivity index (χ1) is 19.5. The predicted molar refractivity (Wildman–Crippen MR) is 145 cm³/mol. The molecule has 2 aliphatic heterocycles. The van der Waals surface area contributed by atoms with Crippen LogP contribution < -0.4 is 16.0 Å². The maximum atomic E-state index is 15.7. The summed E-state index contributed by atoms with van der Waals surface area (Å²) in [6.45, 7) is -9.11. The number of anilines is 1. The van der Waals surface area contributed by atoms with Crippen LogP contribution in [0.2, 0.25) is 0 Å². The Balaban J connectivity index is 1.28. The Hall–Kier alpha value is -2.08. The molecular weight excluding hydrogens is 627 g/mol. The van der Waals surface area contributed by atoms with E-state index in [1.54, 1.807) is 6.07 Å². The molecule has 3 fully saturated rings. The van der Waals surface area contributed by atoms with Crippen molar-refractivity contribution in [1.82, 2.24) is 29.5 Å². The molecule has 3 aliphatic rings. The highest BCUT2D eigenvalue weighted by molar-refractivity contribution is 8.44. The van der Waals surface area contributed by atoms with E-state index in [1.165, 1.54) is 23.4 Å². The van der Waals surface area contributed by atoms with E-state index >= 15 is 4.39 Å². The molecule has 0 spiro atoms. The number of alkyl halides is 1. The van der Waals surface area contributed by atoms with Crippen molar-refractivity contribution in [2.24, 2.45) is 5.92 Å². The lowest BCUT2D eigenvalue weighted by Gasteiger charge is -2.26. The summed E-state index contributed by atoms with van der Waals surface area (Å²) in [7, 11) is 0. The number of nitrogen functional groups attached to an aromatic ring is 1. The van der Waals surface area contributed by atoms with Crippen LogP contribution in [0.3, 0.4) is 0 Å². The number of hydrogen-bond acceptors (Lipinski definition) is 14. The van der Waals surface area contributed by atoms with E-state index < -0.39 is 68.5 Å². The number of halogens is 1. The van der Waals surface area contributed by atoms with E-state index in [9.17, 15) is 13.9 Å². The summed E-state index contributed by atoms with van der Waals surface area (Å²) in [5.41, 5.74) is 4.90. The van der Waals surface area contributed by atoms with E-state index in [2.05, 4.69) is 49.4 Å². The van der Waals surface area contributed by atoms with Gasteiger partial charge in [-0.3, -0.25) is 27.9 Å². The van der Waals surface area contributed by atoms with Crippen LogP contribution in [-0.2, 0) is 32.0 Å². The molecule has 3 aromatic rings. The maximum absolute atomic E-state index is 15.7. The van der Waals surface area contributed by atoms with Gasteiger partial charge in [0, 0.05) is 24.6 Å². The van der Waals surface area contributed by atoms with Crippen LogP contribution in [0.1, 0.15) is 19.1 Å². The van der Waals surface area contributed by atoms with Crippen molar-refractivity contribution in [2.45, 2.75) is 49.7 Å². The lowest BCUT2D eigenvalue weighted by molar-refractivity contribution is -0.0468. The van der Waals surface area contributed by atoms with Gasteiger partial charge >= 0.3 is 13.6 Å². The number of aromatic nitrogens is 6. The number of nitrogens with two attached hydrogens (primary N) is 1. The zero-order valence-electron chi connectivity index (χ0n) is 20.8. The molecule has 21 heteroatoms. The van der Waals surface area contributed by atoms with Gasteiger partial charge in [0.1, 0.15) is 24.6 Å². The number of aromatic amines is 1. The fraction of sp³-hybridized carbons (Fsp3) is 0.550. The molecule has 0 amide bonds. The SMILES string of the molecule is Nc1nc2c(ncn2[C@@H]2O[C@@H]3CO[P@](=O)(S)O[C@H]4C[C@H](Oc5ccncn5)C[C@@H]4CO[P@@](=O)(S)O[C@@H]2[C@@H]3F)c(=O)[nH]1. The van der Waals surface area contributed by atoms with Crippen molar-refractivity contribution in [3.05, 3.63) is 35.3 Å². The van der Waals surface area contributed by atoms with Crippen molar-refractivity contribution in [2.75, 3.05) is 18.9 Å². The van der Waals surface area contributed by atoms with Crippen molar-refractivity contribution in [3.8, 4) is 5.88 Å². The van der Waals surface area contributed by atoms with Crippen LogP contribution in [0.15, 0.2) is 29.7 Å². The molecule has 1 saturated carbocycles. The fourth-order valence-corrected chi connectivity index (χ4v) is 8.05. The highest BCUT2D eigenvalue weighted by Crippen LogP contribution is 2.60. The minimum absolute atomic E-state index is 0.0404. The van der Waals surface area contributed by atoms with Gasteiger partial charge in [-0.05, 0) is 6.42 Å². The van der Waals surface area contributed by atoms with Gasteiger partial charge in [-0.15, -0.1) is 0 Å². The van der Waals surface area contributed by atoms with Gasteiger partial charge in [-0.1, -0.05) is 24.5 Å². The quantitative estimate of drug-likeness (QED) is 0.237. The first-order valence-corrected chi connectivity index (χ1v) is 17.6. The first-order valence-electron chi connectivity index (χ1n) is 12.2. The number of fused-ring (bicyclic) bond motifs is 4. The predicted octanol–water partition coefficient (Wildman–Crippen LogP) is 2.48. The van der Waals surface area contributed by atoms with E-state index in [0.29, 0.717) is 12.3 Å². The van der Waals surface area contributed by atoms with Crippen LogP contribution in [0.5, 0.6) is 5.88 Å². The molecule has 9 atom stereocenters. The Bertz CT molecular complexity index is 1590. The van der Waals surface area contributed by atoms with E-state index in [0.717, 1.165) is 0 Å². The molecule has 3 aromatic heterocycles. The van der Waals surface area contributed by atoms with Gasteiger partial charge < -0.3 is 19.7 Å². The summed E-state index contributed by atoms with van der Waals surface area (Å²) in [5, 5.41) is 0. The highest BCUT2D eigenvalue weighted by atomic mass is 32.7. The smallest absolute Gasteiger partial charge is 0.386 e. The molecule has 6 rings (SSSR count). The second-order valence-corrected chi connectivity index (χ2v) is 15.3. The number of rotatable bonds is 3. The molecule has 222 valence electrons. The van der Waals surface area contributed by atoms with Crippen molar-refractivity contribution in [3.63, 3.8) is 0 Å². The average Bonchev–Trinajstić information content (AvgIpc) is 3.57. The highest BCUT2D eigenvalue weighted by Gasteiger charge is 2.52. The molecule has 5 heterocycles. The summed E-state index contributed by atoms with van der Waals surface area (Å²) in [6, 6.07) is 1.58. The molecule has 16 nitrogen and oxygen atoms in total. The number of nitrogens with one attached hydrogen (secondary N) is 1. The summed E-state index contributed by atoms with van der Waals surface area (Å²) in [4.78, 5) is 30.5. The van der Waals surface area contributed by atoms with E-state index in [-0.39, 0.29) is 30.1 Å². The minimum atomic E-state index is -4.24. The van der Waals surface area contributed by atoms with Gasteiger partial charge in [0.25, 0.3) is 5.56 Å². The average molecular weight is 652 g/mol. The Labute approximate surface area is 241 Å². The lowest BCUT2D eigenvalue weighted by Crippen LogP contribution is -2.31. The van der Waals surface area contributed by atoms with Gasteiger partial charge in [0.2, 0.25) is 11.8 Å². The fourth-order valence-electron chi connectivity index (χ4n) is 5.00. The molecule has 0 aromatic carbocycles. The zero-order valence-corrected chi connectivity index (χ0v) is 24.4. The van der Waals surface area contributed by atoms with Crippen LogP contribution in [0, 0.1) is 5.92 Å². The lowest BCUT2D eigenvalue weighted by atomic mass is 10.1. The molecule has 2 saturated heterocycles. The summed E-state index contributed by atoms with van der Waals surface area (Å²) >= 11 is 8.15.